The molecule has 0 spiro atoms. The SMILES string of the molecule is CNc1cc(Oc2ccc3c(c2)OCN3C(=O)O)ncn1. The standard InChI is InChI=1S/C13H12N4O4/c1-14-11-5-12(16-6-15-11)21-8-2-3-9-10(4-8)20-7-17(9)13(18)19/h2-6H,7H2,1H3,(H,18,19)(H,14,15,16). The van der Waals surface area contributed by atoms with Gasteiger partial charge in [0, 0.05) is 19.2 Å². The summed E-state index contributed by atoms with van der Waals surface area (Å²) in [6, 6.07) is 6.56. The second-order valence-electron chi connectivity index (χ2n) is 4.21. The summed E-state index contributed by atoms with van der Waals surface area (Å²) < 4.78 is 10.9. The van der Waals surface area contributed by atoms with Crippen molar-refractivity contribution in [2.75, 3.05) is 24.0 Å². The number of carbonyl (C=O) groups is 1. The normalized spacial score (nSPS) is 12.5. The van der Waals surface area contributed by atoms with E-state index in [9.17, 15) is 4.79 Å². The summed E-state index contributed by atoms with van der Waals surface area (Å²) in [5.41, 5.74) is 0.494. The zero-order valence-corrected chi connectivity index (χ0v) is 11.1. The van der Waals surface area contributed by atoms with Crippen LogP contribution < -0.4 is 19.7 Å². The van der Waals surface area contributed by atoms with E-state index in [0.717, 1.165) is 4.90 Å². The van der Waals surface area contributed by atoms with E-state index in [1.165, 1.54) is 6.33 Å². The molecule has 0 bridgehead atoms. The molecule has 1 aromatic carbocycles. The summed E-state index contributed by atoms with van der Waals surface area (Å²) in [6.45, 7) is -0.0223. The second-order valence-corrected chi connectivity index (χ2v) is 4.21. The maximum Gasteiger partial charge on any atom is 0.414 e. The van der Waals surface area contributed by atoms with Gasteiger partial charge in [0.25, 0.3) is 0 Å². The van der Waals surface area contributed by atoms with E-state index in [0.29, 0.717) is 28.9 Å². The minimum atomic E-state index is -1.06. The number of carboxylic acid groups (broad SMARTS) is 1. The Morgan fingerprint density at radius 3 is 3.05 bits per heavy atom. The highest BCUT2D eigenvalue weighted by Gasteiger charge is 2.26. The Morgan fingerprint density at radius 2 is 2.29 bits per heavy atom. The molecule has 2 heterocycles. The van der Waals surface area contributed by atoms with Crippen molar-refractivity contribution in [3.8, 4) is 17.4 Å². The first-order chi connectivity index (χ1) is 10.2. The van der Waals surface area contributed by atoms with E-state index < -0.39 is 6.09 Å². The number of amides is 1. The lowest BCUT2D eigenvalue weighted by atomic mass is 10.2. The number of ether oxygens (including phenoxy) is 2. The Bertz CT molecular complexity index is 692. The lowest BCUT2D eigenvalue weighted by Gasteiger charge is -2.09. The Kier molecular flexibility index (Phi) is 3.19. The molecule has 3 rings (SSSR count). The number of anilines is 2. The van der Waals surface area contributed by atoms with E-state index in [4.69, 9.17) is 14.6 Å². The van der Waals surface area contributed by atoms with Gasteiger partial charge in [0.2, 0.25) is 5.88 Å². The molecule has 0 saturated heterocycles. The quantitative estimate of drug-likeness (QED) is 0.893. The molecule has 1 aromatic heterocycles. The van der Waals surface area contributed by atoms with Crippen LogP contribution in [0.15, 0.2) is 30.6 Å². The average molecular weight is 288 g/mol. The van der Waals surface area contributed by atoms with Gasteiger partial charge in [0.15, 0.2) is 6.73 Å². The molecule has 2 N–H and O–H groups in total. The first-order valence-electron chi connectivity index (χ1n) is 6.12. The average Bonchev–Trinajstić information content (AvgIpc) is 2.90. The molecule has 8 nitrogen and oxygen atoms in total. The maximum atomic E-state index is 11.0. The van der Waals surface area contributed by atoms with E-state index in [2.05, 4.69) is 15.3 Å². The van der Waals surface area contributed by atoms with Gasteiger partial charge < -0.3 is 19.9 Å². The third-order valence-electron chi connectivity index (χ3n) is 2.92. The fourth-order valence-electron chi connectivity index (χ4n) is 1.91. The van der Waals surface area contributed by atoms with Gasteiger partial charge in [-0.1, -0.05) is 0 Å². The third kappa shape index (κ3) is 2.50. The highest BCUT2D eigenvalue weighted by atomic mass is 16.5. The van der Waals surface area contributed by atoms with Gasteiger partial charge in [-0.2, -0.15) is 0 Å². The van der Waals surface area contributed by atoms with Crippen LogP contribution in [-0.2, 0) is 0 Å². The van der Waals surface area contributed by atoms with Crippen LogP contribution in [-0.4, -0.2) is 34.9 Å². The molecule has 0 fully saturated rings. The van der Waals surface area contributed by atoms with Gasteiger partial charge >= 0.3 is 6.09 Å². The van der Waals surface area contributed by atoms with Crippen molar-refractivity contribution in [1.82, 2.24) is 9.97 Å². The molecule has 21 heavy (non-hydrogen) atoms. The molecule has 8 heteroatoms. The van der Waals surface area contributed by atoms with Crippen molar-refractivity contribution >= 4 is 17.6 Å². The van der Waals surface area contributed by atoms with Gasteiger partial charge in [0.05, 0.1) is 5.69 Å². The number of nitrogens with zero attached hydrogens (tertiary/aromatic N) is 3. The Hall–Kier alpha value is -3.03. The van der Waals surface area contributed by atoms with Crippen molar-refractivity contribution in [3.05, 3.63) is 30.6 Å². The first-order valence-corrected chi connectivity index (χ1v) is 6.12. The van der Waals surface area contributed by atoms with Gasteiger partial charge in [-0.05, 0) is 12.1 Å². The lowest BCUT2D eigenvalue weighted by Crippen LogP contribution is -2.27. The van der Waals surface area contributed by atoms with E-state index in [1.54, 1.807) is 31.3 Å². The van der Waals surface area contributed by atoms with Crippen LogP contribution in [0.2, 0.25) is 0 Å². The van der Waals surface area contributed by atoms with Crippen LogP contribution in [0.1, 0.15) is 0 Å². The molecule has 1 aliphatic rings. The van der Waals surface area contributed by atoms with E-state index in [1.807, 2.05) is 0 Å². The third-order valence-corrected chi connectivity index (χ3v) is 2.92. The monoisotopic (exact) mass is 288 g/mol. The number of fused-ring (bicyclic) bond motifs is 1. The molecule has 2 aromatic rings. The Morgan fingerprint density at radius 1 is 1.43 bits per heavy atom. The van der Waals surface area contributed by atoms with Gasteiger partial charge in [-0.3, -0.25) is 0 Å². The molecule has 0 atom stereocenters. The second kappa shape index (κ2) is 5.16. The molecule has 1 amide bonds. The van der Waals surface area contributed by atoms with Crippen LogP contribution in [0.3, 0.4) is 0 Å². The van der Waals surface area contributed by atoms with Crippen LogP contribution in [0.5, 0.6) is 17.4 Å². The molecule has 0 aliphatic carbocycles. The molecule has 108 valence electrons. The van der Waals surface area contributed by atoms with Crippen molar-refractivity contribution in [3.63, 3.8) is 0 Å². The number of hydrogen-bond acceptors (Lipinski definition) is 6. The zero-order valence-electron chi connectivity index (χ0n) is 11.1. The van der Waals surface area contributed by atoms with Crippen molar-refractivity contribution in [2.24, 2.45) is 0 Å². The molecule has 0 saturated carbocycles. The van der Waals surface area contributed by atoms with Crippen molar-refractivity contribution < 1.29 is 19.4 Å². The highest BCUT2D eigenvalue weighted by molar-refractivity contribution is 5.89. The summed E-state index contributed by atoms with van der Waals surface area (Å²) in [5, 5.41) is 11.9. The number of rotatable bonds is 3. The van der Waals surface area contributed by atoms with Crippen LogP contribution in [0.25, 0.3) is 0 Å². The number of hydrogen-bond donors (Lipinski definition) is 2. The zero-order chi connectivity index (χ0) is 14.8. The number of nitrogens with one attached hydrogen (secondary N) is 1. The lowest BCUT2D eigenvalue weighted by molar-refractivity contribution is 0.197. The minimum absolute atomic E-state index is 0.0223. The van der Waals surface area contributed by atoms with Crippen LogP contribution in [0, 0.1) is 0 Å². The van der Waals surface area contributed by atoms with E-state index in [-0.39, 0.29) is 6.73 Å². The minimum Gasteiger partial charge on any atom is -0.470 e. The summed E-state index contributed by atoms with van der Waals surface area (Å²) in [4.78, 5) is 20.1. The fraction of sp³-hybridized carbons (Fsp3) is 0.154. The first kappa shape index (κ1) is 13.0. The van der Waals surface area contributed by atoms with Crippen LogP contribution in [0.4, 0.5) is 16.3 Å². The summed E-state index contributed by atoms with van der Waals surface area (Å²) in [7, 11) is 1.75. The predicted molar refractivity (Wildman–Crippen MR) is 74.1 cm³/mol. The fourth-order valence-corrected chi connectivity index (χ4v) is 1.91. The molecule has 0 unspecified atom stereocenters. The number of aromatic nitrogens is 2. The molecule has 0 radical (unpaired) electrons. The summed E-state index contributed by atoms with van der Waals surface area (Å²) in [6.07, 6.45) is 0.328. The van der Waals surface area contributed by atoms with Gasteiger partial charge in [0.1, 0.15) is 23.6 Å². The topological polar surface area (TPSA) is 96.8 Å². The molecule has 1 aliphatic heterocycles. The molecular formula is C13H12N4O4. The molecular weight excluding hydrogens is 276 g/mol. The number of benzene rings is 1. The predicted octanol–water partition coefficient (Wildman–Crippen LogP) is 2.14. The van der Waals surface area contributed by atoms with Gasteiger partial charge in [-0.15, -0.1) is 0 Å². The van der Waals surface area contributed by atoms with Crippen LogP contribution >= 0.6 is 0 Å². The van der Waals surface area contributed by atoms with Crippen molar-refractivity contribution in [2.45, 2.75) is 0 Å². The largest absolute Gasteiger partial charge is 0.470 e. The Labute approximate surface area is 120 Å². The summed E-state index contributed by atoms with van der Waals surface area (Å²) in [5.74, 6) is 1.97. The summed E-state index contributed by atoms with van der Waals surface area (Å²) >= 11 is 0. The maximum absolute atomic E-state index is 11.0. The van der Waals surface area contributed by atoms with E-state index >= 15 is 0 Å². The van der Waals surface area contributed by atoms with Gasteiger partial charge in [-0.25, -0.2) is 19.7 Å². The Balaban J connectivity index is 1.83. The highest BCUT2D eigenvalue weighted by Crippen LogP contribution is 2.37. The smallest absolute Gasteiger partial charge is 0.414 e. The van der Waals surface area contributed by atoms with Crippen molar-refractivity contribution in [1.29, 1.82) is 0 Å².